The maximum absolute atomic E-state index is 13.1. The zero-order valence-corrected chi connectivity index (χ0v) is 18.8. The Hall–Kier alpha value is -3.06. The van der Waals surface area contributed by atoms with E-state index in [0.29, 0.717) is 24.6 Å². The number of nitrogens with zero attached hydrogens (tertiary/aromatic N) is 1. The normalized spacial score (nSPS) is 11.6. The minimum atomic E-state index is -0.349. The van der Waals surface area contributed by atoms with Gasteiger partial charge in [0.2, 0.25) is 5.91 Å². The molecule has 2 rings (SSSR count). The van der Waals surface area contributed by atoms with Crippen molar-refractivity contribution in [1.29, 1.82) is 0 Å². The third kappa shape index (κ3) is 7.00. The maximum atomic E-state index is 13.1. The number of ether oxygens (including phenoxy) is 2. The number of hydrogen-bond donors (Lipinski definition) is 2. The highest BCUT2D eigenvalue weighted by Gasteiger charge is 2.25. The van der Waals surface area contributed by atoms with Gasteiger partial charge in [0.05, 0.1) is 7.11 Å². The molecule has 1 atom stereocenters. The first kappa shape index (κ1) is 24.2. The molecule has 0 heterocycles. The molecule has 7 nitrogen and oxygen atoms in total. The standard InChI is InChI=1S/C24H33N3O4/c1-5-25-22(28)17-31-20-14-13-18(15-21(20)30-4)16-26-24(29)23(27(6-2)7-3)19-11-9-8-10-12-19/h8-15,23H,5-7,16-17H2,1-4H3,(H,25,28)(H,26,29). The lowest BCUT2D eigenvalue weighted by Crippen LogP contribution is -2.40. The summed E-state index contributed by atoms with van der Waals surface area (Å²) in [5.41, 5.74) is 1.84. The van der Waals surface area contributed by atoms with E-state index in [0.717, 1.165) is 24.2 Å². The highest BCUT2D eigenvalue weighted by Crippen LogP contribution is 2.28. The summed E-state index contributed by atoms with van der Waals surface area (Å²) < 4.78 is 10.9. The van der Waals surface area contributed by atoms with Crippen LogP contribution >= 0.6 is 0 Å². The van der Waals surface area contributed by atoms with E-state index >= 15 is 0 Å². The average Bonchev–Trinajstić information content (AvgIpc) is 2.80. The predicted molar refractivity (Wildman–Crippen MR) is 121 cm³/mol. The quantitative estimate of drug-likeness (QED) is 0.545. The fourth-order valence-electron chi connectivity index (χ4n) is 3.37. The van der Waals surface area contributed by atoms with Crippen molar-refractivity contribution >= 4 is 11.8 Å². The van der Waals surface area contributed by atoms with Crippen LogP contribution in [0.3, 0.4) is 0 Å². The smallest absolute Gasteiger partial charge is 0.257 e. The van der Waals surface area contributed by atoms with E-state index in [-0.39, 0.29) is 24.5 Å². The molecule has 0 aliphatic carbocycles. The summed E-state index contributed by atoms with van der Waals surface area (Å²) >= 11 is 0. The highest BCUT2D eigenvalue weighted by atomic mass is 16.5. The molecule has 2 aromatic carbocycles. The number of amides is 2. The fraction of sp³-hybridized carbons (Fsp3) is 0.417. The van der Waals surface area contributed by atoms with E-state index in [1.54, 1.807) is 13.2 Å². The summed E-state index contributed by atoms with van der Waals surface area (Å²) in [6, 6.07) is 14.9. The van der Waals surface area contributed by atoms with E-state index in [4.69, 9.17) is 9.47 Å². The summed E-state index contributed by atoms with van der Waals surface area (Å²) in [6.07, 6.45) is 0. The first-order chi connectivity index (χ1) is 15.0. The third-order valence-corrected chi connectivity index (χ3v) is 4.97. The molecule has 0 fully saturated rings. The number of benzene rings is 2. The van der Waals surface area contributed by atoms with Crippen LogP contribution < -0.4 is 20.1 Å². The van der Waals surface area contributed by atoms with Crippen molar-refractivity contribution in [1.82, 2.24) is 15.5 Å². The SMILES string of the molecule is CCNC(=O)COc1ccc(CNC(=O)C(c2ccccc2)N(CC)CC)cc1OC. The minimum absolute atomic E-state index is 0.0505. The largest absolute Gasteiger partial charge is 0.493 e. The zero-order chi connectivity index (χ0) is 22.6. The lowest BCUT2D eigenvalue weighted by molar-refractivity contribution is -0.127. The molecule has 0 bridgehead atoms. The monoisotopic (exact) mass is 427 g/mol. The Morgan fingerprint density at radius 1 is 0.968 bits per heavy atom. The van der Waals surface area contributed by atoms with Gasteiger partial charge in [-0.25, -0.2) is 0 Å². The second kappa shape index (κ2) is 12.6. The molecule has 0 aliphatic heterocycles. The van der Waals surface area contributed by atoms with Gasteiger partial charge in [-0.1, -0.05) is 50.2 Å². The van der Waals surface area contributed by atoms with Gasteiger partial charge in [0, 0.05) is 13.1 Å². The molecule has 0 saturated carbocycles. The first-order valence-corrected chi connectivity index (χ1v) is 10.7. The highest BCUT2D eigenvalue weighted by molar-refractivity contribution is 5.83. The summed E-state index contributed by atoms with van der Waals surface area (Å²) in [7, 11) is 1.54. The Labute approximate surface area is 184 Å². The van der Waals surface area contributed by atoms with Gasteiger partial charge >= 0.3 is 0 Å². The number of hydrogen-bond acceptors (Lipinski definition) is 5. The maximum Gasteiger partial charge on any atom is 0.257 e. The van der Waals surface area contributed by atoms with Crippen molar-refractivity contribution < 1.29 is 19.1 Å². The van der Waals surface area contributed by atoms with Crippen LogP contribution in [0.4, 0.5) is 0 Å². The van der Waals surface area contributed by atoms with E-state index in [2.05, 4.69) is 29.4 Å². The van der Waals surface area contributed by atoms with Crippen LogP contribution in [0.5, 0.6) is 11.5 Å². The minimum Gasteiger partial charge on any atom is -0.493 e. The summed E-state index contributed by atoms with van der Waals surface area (Å²) in [6.45, 7) is 8.33. The topological polar surface area (TPSA) is 79.9 Å². The molecule has 31 heavy (non-hydrogen) atoms. The summed E-state index contributed by atoms with van der Waals surface area (Å²) in [5.74, 6) is 0.753. The van der Waals surface area contributed by atoms with Gasteiger partial charge < -0.3 is 20.1 Å². The third-order valence-electron chi connectivity index (χ3n) is 4.97. The van der Waals surface area contributed by atoms with E-state index in [1.165, 1.54) is 0 Å². The Morgan fingerprint density at radius 3 is 2.29 bits per heavy atom. The van der Waals surface area contributed by atoms with Gasteiger partial charge in [-0.2, -0.15) is 0 Å². The number of rotatable bonds is 12. The number of carbonyl (C=O) groups is 2. The van der Waals surface area contributed by atoms with Crippen molar-refractivity contribution in [2.75, 3.05) is 33.4 Å². The van der Waals surface area contributed by atoms with Crippen molar-refractivity contribution in [3.63, 3.8) is 0 Å². The molecule has 0 spiro atoms. The molecular weight excluding hydrogens is 394 g/mol. The van der Waals surface area contributed by atoms with E-state index in [9.17, 15) is 9.59 Å². The van der Waals surface area contributed by atoms with Gasteiger partial charge in [-0.3, -0.25) is 14.5 Å². The van der Waals surface area contributed by atoms with Crippen LogP contribution in [0, 0.1) is 0 Å². The van der Waals surface area contributed by atoms with Crippen molar-refractivity contribution in [2.24, 2.45) is 0 Å². The second-order valence-electron chi connectivity index (χ2n) is 6.98. The molecule has 2 amide bonds. The molecule has 168 valence electrons. The van der Waals surface area contributed by atoms with E-state index < -0.39 is 0 Å². The van der Waals surface area contributed by atoms with Crippen molar-refractivity contribution in [3.05, 3.63) is 59.7 Å². The number of nitrogens with one attached hydrogen (secondary N) is 2. The summed E-state index contributed by atoms with van der Waals surface area (Å²) in [4.78, 5) is 26.8. The Kier molecular flexibility index (Phi) is 9.84. The van der Waals surface area contributed by atoms with Crippen LogP contribution in [0.1, 0.15) is 37.9 Å². The van der Waals surface area contributed by atoms with Crippen LogP contribution in [-0.2, 0) is 16.1 Å². The second-order valence-corrected chi connectivity index (χ2v) is 6.98. The van der Waals surface area contributed by atoms with E-state index in [1.807, 2.05) is 49.4 Å². The van der Waals surface area contributed by atoms with Crippen LogP contribution in [0.15, 0.2) is 48.5 Å². The molecule has 7 heteroatoms. The lowest BCUT2D eigenvalue weighted by atomic mass is 10.0. The van der Waals surface area contributed by atoms with Gasteiger partial charge in [0.1, 0.15) is 6.04 Å². The zero-order valence-electron chi connectivity index (χ0n) is 18.8. The Morgan fingerprint density at radius 2 is 1.68 bits per heavy atom. The number of methoxy groups -OCH3 is 1. The van der Waals surface area contributed by atoms with Gasteiger partial charge in [-0.15, -0.1) is 0 Å². The molecule has 0 saturated heterocycles. The number of likely N-dealkylation sites (N-methyl/N-ethyl adjacent to an activating group) is 2. The average molecular weight is 428 g/mol. The molecule has 1 unspecified atom stereocenters. The molecular formula is C24H33N3O4. The van der Waals surface area contributed by atoms with Crippen LogP contribution in [-0.4, -0.2) is 50.1 Å². The predicted octanol–water partition coefficient (Wildman–Crippen LogP) is 2.91. The van der Waals surface area contributed by atoms with Gasteiger partial charge in [0.15, 0.2) is 18.1 Å². The Balaban J connectivity index is 2.07. The van der Waals surface area contributed by atoms with Crippen molar-refractivity contribution in [2.45, 2.75) is 33.4 Å². The molecule has 0 radical (unpaired) electrons. The van der Waals surface area contributed by atoms with Crippen LogP contribution in [0.25, 0.3) is 0 Å². The molecule has 0 aromatic heterocycles. The fourth-order valence-corrected chi connectivity index (χ4v) is 3.37. The summed E-state index contributed by atoms with van der Waals surface area (Å²) in [5, 5.41) is 5.73. The van der Waals surface area contributed by atoms with Crippen LogP contribution in [0.2, 0.25) is 0 Å². The number of carbonyl (C=O) groups excluding carboxylic acids is 2. The molecule has 2 aromatic rings. The molecule has 2 N–H and O–H groups in total. The first-order valence-electron chi connectivity index (χ1n) is 10.7. The lowest BCUT2D eigenvalue weighted by Gasteiger charge is -2.29. The Bertz CT molecular complexity index is 838. The van der Waals surface area contributed by atoms with Gasteiger partial charge in [0.25, 0.3) is 5.91 Å². The van der Waals surface area contributed by atoms with Gasteiger partial charge in [-0.05, 0) is 43.3 Å². The molecule has 0 aliphatic rings. The van der Waals surface area contributed by atoms with Crippen molar-refractivity contribution in [3.8, 4) is 11.5 Å².